The minimum atomic E-state index is -0.850. The number of unbranched alkanes of at least 4 members (excludes halogenated alkanes) is 42. The van der Waals surface area contributed by atoms with E-state index in [4.69, 9.17) is 4.74 Å². The molecule has 0 aromatic heterocycles. The molecule has 0 heterocycles. The van der Waals surface area contributed by atoms with E-state index in [0.717, 1.165) is 57.8 Å². The summed E-state index contributed by atoms with van der Waals surface area (Å²) in [5.74, 6) is -0.0784. The number of hydrogen-bond acceptors (Lipinski definition) is 5. The molecule has 0 bridgehead atoms. The number of carbonyl (C=O) groups excluding carboxylic acids is 2. The van der Waals surface area contributed by atoms with Gasteiger partial charge in [-0.2, -0.15) is 0 Å². The highest BCUT2D eigenvalue weighted by Crippen LogP contribution is 2.17. The minimum absolute atomic E-state index is 0.00527. The van der Waals surface area contributed by atoms with Crippen molar-refractivity contribution >= 4 is 11.9 Å². The molecule has 0 saturated heterocycles. The Balaban J connectivity index is 3.47. The van der Waals surface area contributed by atoms with Gasteiger partial charge in [0.1, 0.15) is 0 Å². The molecule has 0 fully saturated rings. The number of allylic oxidation sites excluding steroid dienone is 9. The zero-order valence-electron chi connectivity index (χ0n) is 50.0. The molecular formula is C69H127NO5. The Morgan fingerprint density at radius 3 is 1.03 bits per heavy atom. The lowest BCUT2D eigenvalue weighted by Crippen LogP contribution is -2.45. The van der Waals surface area contributed by atoms with Gasteiger partial charge in [0, 0.05) is 12.8 Å². The maximum atomic E-state index is 12.5. The van der Waals surface area contributed by atoms with Crippen molar-refractivity contribution in [3.63, 3.8) is 0 Å². The first-order valence-electron chi connectivity index (χ1n) is 33.1. The number of ether oxygens (including phenoxy) is 1. The van der Waals surface area contributed by atoms with Gasteiger partial charge in [-0.3, -0.25) is 9.59 Å². The van der Waals surface area contributed by atoms with Crippen molar-refractivity contribution in [3.8, 4) is 0 Å². The lowest BCUT2D eigenvalue weighted by atomic mass is 10.0. The van der Waals surface area contributed by atoms with Gasteiger partial charge in [0.25, 0.3) is 0 Å². The van der Waals surface area contributed by atoms with Gasteiger partial charge in [-0.05, 0) is 96.3 Å². The highest BCUT2D eigenvalue weighted by Gasteiger charge is 2.18. The van der Waals surface area contributed by atoms with E-state index in [1.165, 1.54) is 257 Å². The van der Waals surface area contributed by atoms with Gasteiger partial charge in [0.15, 0.2) is 0 Å². The summed E-state index contributed by atoms with van der Waals surface area (Å²) in [6, 6.07) is -0.634. The summed E-state index contributed by atoms with van der Waals surface area (Å²) >= 11 is 0. The maximum absolute atomic E-state index is 12.5. The van der Waals surface area contributed by atoms with Crippen molar-refractivity contribution in [3.05, 3.63) is 60.8 Å². The van der Waals surface area contributed by atoms with Crippen LogP contribution in [0, 0.1) is 0 Å². The molecule has 0 aliphatic rings. The molecule has 3 N–H and O–H groups in total. The van der Waals surface area contributed by atoms with Crippen LogP contribution in [0.25, 0.3) is 0 Å². The molecule has 0 spiro atoms. The van der Waals surface area contributed by atoms with Gasteiger partial charge in [-0.25, -0.2) is 0 Å². The van der Waals surface area contributed by atoms with Crippen LogP contribution < -0.4 is 5.32 Å². The molecule has 0 saturated carbocycles. The van der Waals surface area contributed by atoms with Crippen molar-refractivity contribution in [2.75, 3.05) is 13.2 Å². The normalized spacial score (nSPS) is 13.0. The first-order chi connectivity index (χ1) is 37.0. The number of aliphatic hydroxyl groups excluding tert-OH is 2. The Kier molecular flexibility index (Phi) is 62.0. The predicted molar refractivity (Wildman–Crippen MR) is 328 cm³/mol. The van der Waals surface area contributed by atoms with Crippen molar-refractivity contribution in [1.29, 1.82) is 0 Å². The summed E-state index contributed by atoms with van der Waals surface area (Å²) < 4.78 is 5.48. The van der Waals surface area contributed by atoms with E-state index in [1.54, 1.807) is 6.08 Å². The molecular weight excluding hydrogens is 923 g/mol. The van der Waals surface area contributed by atoms with Gasteiger partial charge >= 0.3 is 5.97 Å². The van der Waals surface area contributed by atoms with Crippen molar-refractivity contribution in [1.82, 2.24) is 5.32 Å². The van der Waals surface area contributed by atoms with E-state index >= 15 is 0 Å². The zero-order valence-corrected chi connectivity index (χ0v) is 50.0. The zero-order chi connectivity index (χ0) is 54.3. The number of nitrogens with one attached hydrogen (secondary N) is 1. The standard InChI is InChI=1S/C69H127NO5/c1-3-5-7-9-11-13-15-17-19-30-33-37-41-45-49-53-57-61-67(72)66(65-71)70-68(73)62-58-54-50-46-42-38-34-31-28-26-24-22-21-23-25-27-29-32-36-40-44-48-52-56-60-64-75-69(74)63-59-55-51-47-43-39-35-20-18-16-14-12-10-8-6-4-2/h14,16,20,22-25,35,57,61,66-67,71-72H,3-13,15,17-19,21,26-34,36-56,58-60,62-65H2,1-2H3,(H,70,73)/b16-14-,24-22-,25-23-,35-20-,61-57+. The fourth-order valence-electron chi connectivity index (χ4n) is 9.93. The summed E-state index contributed by atoms with van der Waals surface area (Å²) in [5.41, 5.74) is 0. The molecule has 2 atom stereocenters. The molecule has 0 aromatic carbocycles. The maximum Gasteiger partial charge on any atom is 0.305 e. The van der Waals surface area contributed by atoms with E-state index in [2.05, 4.69) is 67.8 Å². The monoisotopic (exact) mass is 1050 g/mol. The Labute approximate surface area is 467 Å². The second kappa shape index (κ2) is 64.1. The quantitative estimate of drug-likeness (QED) is 0.0320. The topological polar surface area (TPSA) is 95.9 Å². The van der Waals surface area contributed by atoms with Crippen molar-refractivity contribution in [2.45, 2.75) is 353 Å². The molecule has 0 aliphatic heterocycles. The van der Waals surface area contributed by atoms with Gasteiger partial charge < -0.3 is 20.3 Å². The molecule has 2 unspecified atom stereocenters. The smallest absolute Gasteiger partial charge is 0.305 e. The molecule has 0 radical (unpaired) electrons. The molecule has 6 nitrogen and oxygen atoms in total. The van der Waals surface area contributed by atoms with Crippen LogP contribution in [0.2, 0.25) is 0 Å². The predicted octanol–water partition coefficient (Wildman–Crippen LogP) is 21.1. The van der Waals surface area contributed by atoms with Crippen LogP contribution >= 0.6 is 0 Å². The van der Waals surface area contributed by atoms with Crippen LogP contribution in [-0.2, 0) is 14.3 Å². The number of rotatable bonds is 61. The van der Waals surface area contributed by atoms with Gasteiger partial charge in [0.05, 0.1) is 25.4 Å². The summed E-state index contributed by atoms with van der Waals surface area (Å²) in [4.78, 5) is 24.6. The highest BCUT2D eigenvalue weighted by molar-refractivity contribution is 5.76. The van der Waals surface area contributed by atoms with E-state index in [1.807, 2.05) is 6.08 Å². The molecule has 0 rings (SSSR count). The lowest BCUT2D eigenvalue weighted by molar-refractivity contribution is -0.143. The Morgan fingerprint density at radius 2 is 0.667 bits per heavy atom. The second-order valence-corrected chi connectivity index (χ2v) is 22.4. The van der Waals surface area contributed by atoms with E-state index in [0.29, 0.717) is 19.4 Å². The SMILES string of the molecule is CCCCCC/C=C\C/C=C\CCCCCCCC(=O)OCCCCCCCCCCC/C=C\C/C=C\CCCCCCCCCCCC(=O)NC(CO)C(O)/C=C/CCCCCCCCCCCCCCCCC. The van der Waals surface area contributed by atoms with Crippen LogP contribution in [-0.4, -0.2) is 47.4 Å². The van der Waals surface area contributed by atoms with Crippen LogP contribution in [0.4, 0.5) is 0 Å². The van der Waals surface area contributed by atoms with E-state index in [9.17, 15) is 19.8 Å². The third-order valence-electron chi connectivity index (χ3n) is 15.0. The summed E-state index contributed by atoms with van der Waals surface area (Å²) in [6.07, 6.45) is 84.1. The van der Waals surface area contributed by atoms with Gasteiger partial charge in [-0.1, -0.05) is 293 Å². The average molecular weight is 1050 g/mol. The lowest BCUT2D eigenvalue weighted by Gasteiger charge is -2.20. The number of carbonyl (C=O) groups is 2. The molecule has 6 heteroatoms. The van der Waals surface area contributed by atoms with Crippen LogP contribution in [0.15, 0.2) is 60.8 Å². The third-order valence-corrected chi connectivity index (χ3v) is 15.0. The van der Waals surface area contributed by atoms with Crippen molar-refractivity contribution < 1.29 is 24.5 Å². The first-order valence-corrected chi connectivity index (χ1v) is 33.1. The largest absolute Gasteiger partial charge is 0.466 e. The highest BCUT2D eigenvalue weighted by atomic mass is 16.5. The average Bonchev–Trinajstić information content (AvgIpc) is 3.41. The van der Waals surface area contributed by atoms with Crippen molar-refractivity contribution in [2.24, 2.45) is 0 Å². The molecule has 0 aliphatic carbocycles. The molecule has 75 heavy (non-hydrogen) atoms. The number of amides is 1. The molecule has 1 amide bonds. The van der Waals surface area contributed by atoms with Crippen LogP contribution in [0.1, 0.15) is 341 Å². The minimum Gasteiger partial charge on any atom is -0.466 e. The molecule has 438 valence electrons. The molecule has 0 aromatic rings. The number of aliphatic hydroxyl groups is 2. The second-order valence-electron chi connectivity index (χ2n) is 22.4. The van der Waals surface area contributed by atoms with Gasteiger partial charge in [-0.15, -0.1) is 0 Å². The number of esters is 1. The Morgan fingerprint density at radius 1 is 0.373 bits per heavy atom. The van der Waals surface area contributed by atoms with Crippen LogP contribution in [0.3, 0.4) is 0 Å². The third kappa shape index (κ3) is 60.6. The summed E-state index contributed by atoms with van der Waals surface area (Å²) in [6.45, 7) is 4.89. The Bertz CT molecular complexity index is 1300. The Hall–Kier alpha value is -2.44. The summed E-state index contributed by atoms with van der Waals surface area (Å²) in [7, 11) is 0. The fraction of sp³-hybridized carbons (Fsp3) is 0.826. The van der Waals surface area contributed by atoms with Gasteiger partial charge in [0.2, 0.25) is 5.91 Å². The number of hydrogen-bond donors (Lipinski definition) is 3. The van der Waals surface area contributed by atoms with Crippen LogP contribution in [0.5, 0.6) is 0 Å². The fourth-order valence-corrected chi connectivity index (χ4v) is 9.93. The van der Waals surface area contributed by atoms with E-state index in [-0.39, 0.29) is 18.5 Å². The van der Waals surface area contributed by atoms with E-state index < -0.39 is 12.1 Å². The first kappa shape index (κ1) is 72.6. The summed E-state index contributed by atoms with van der Waals surface area (Å²) in [5, 5.41) is 23.2.